The van der Waals surface area contributed by atoms with Crippen LogP contribution in [0.4, 0.5) is 0 Å². The van der Waals surface area contributed by atoms with Gasteiger partial charge in [-0.3, -0.25) is 4.98 Å². The second-order valence-corrected chi connectivity index (χ2v) is 4.63. The summed E-state index contributed by atoms with van der Waals surface area (Å²) in [5.74, 6) is 0. The van der Waals surface area contributed by atoms with Crippen LogP contribution in [0.1, 0.15) is 17.2 Å². The molecule has 4 heteroatoms. The van der Waals surface area contributed by atoms with Crippen LogP contribution in [0.3, 0.4) is 0 Å². The third-order valence-corrected chi connectivity index (χ3v) is 3.19. The van der Waals surface area contributed by atoms with Crippen molar-refractivity contribution in [2.45, 2.75) is 12.5 Å². The molecular weight excluding hydrogens is 250 g/mol. The molecule has 2 aromatic heterocycles. The van der Waals surface area contributed by atoms with Gasteiger partial charge in [-0.25, -0.2) is 4.68 Å². The molecule has 0 aliphatic heterocycles. The summed E-state index contributed by atoms with van der Waals surface area (Å²) in [6.07, 6.45) is 7.03. The summed E-state index contributed by atoms with van der Waals surface area (Å²) >= 11 is 0. The Hall–Kier alpha value is -2.46. The largest absolute Gasteiger partial charge is 0.388 e. The molecule has 100 valence electrons. The smallest absolute Gasteiger partial charge is 0.0860 e. The lowest BCUT2D eigenvalue weighted by Crippen LogP contribution is -2.01. The van der Waals surface area contributed by atoms with Crippen molar-refractivity contribution in [1.82, 2.24) is 14.8 Å². The third kappa shape index (κ3) is 2.75. The van der Waals surface area contributed by atoms with E-state index in [-0.39, 0.29) is 0 Å². The summed E-state index contributed by atoms with van der Waals surface area (Å²) in [5, 5.41) is 14.6. The number of aliphatic hydroxyl groups is 1. The van der Waals surface area contributed by atoms with Crippen LogP contribution in [-0.2, 0) is 6.42 Å². The highest BCUT2D eigenvalue weighted by atomic mass is 16.3. The summed E-state index contributed by atoms with van der Waals surface area (Å²) < 4.78 is 1.77. The van der Waals surface area contributed by atoms with Crippen molar-refractivity contribution in [3.63, 3.8) is 0 Å². The molecule has 4 nitrogen and oxygen atoms in total. The van der Waals surface area contributed by atoms with Crippen LogP contribution in [-0.4, -0.2) is 19.9 Å². The van der Waals surface area contributed by atoms with Gasteiger partial charge in [0, 0.05) is 30.6 Å². The van der Waals surface area contributed by atoms with Gasteiger partial charge >= 0.3 is 0 Å². The maximum absolute atomic E-state index is 10.3. The van der Waals surface area contributed by atoms with E-state index >= 15 is 0 Å². The molecule has 0 spiro atoms. The number of para-hydroxylation sites is 1. The van der Waals surface area contributed by atoms with E-state index < -0.39 is 6.10 Å². The van der Waals surface area contributed by atoms with Gasteiger partial charge in [-0.2, -0.15) is 5.10 Å². The number of pyridine rings is 1. The topological polar surface area (TPSA) is 50.9 Å². The predicted octanol–water partition coefficient (Wildman–Crippen LogP) is 2.54. The first kappa shape index (κ1) is 12.6. The quantitative estimate of drug-likeness (QED) is 0.788. The number of hydrogen-bond donors (Lipinski definition) is 1. The van der Waals surface area contributed by atoms with Crippen LogP contribution in [0.25, 0.3) is 5.69 Å². The van der Waals surface area contributed by atoms with Crippen LogP contribution in [0, 0.1) is 0 Å². The zero-order valence-corrected chi connectivity index (χ0v) is 10.9. The molecule has 0 radical (unpaired) electrons. The minimum atomic E-state index is -0.560. The van der Waals surface area contributed by atoms with E-state index in [1.54, 1.807) is 23.3 Å². The van der Waals surface area contributed by atoms with E-state index in [4.69, 9.17) is 0 Å². The molecule has 0 bridgehead atoms. The lowest BCUT2D eigenvalue weighted by Gasteiger charge is -2.07. The van der Waals surface area contributed by atoms with Crippen LogP contribution in [0.15, 0.2) is 67.3 Å². The van der Waals surface area contributed by atoms with Gasteiger partial charge in [-0.05, 0) is 29.8 Å². The van der Waals surface area contributed by atoms with Crippen molar-refractivity contribution >= 4 is 0 Å². The monoisotopic (exact) mass is 265 g/mol. The summed E-state index contributed by atoms with van der Waals surface area (Å²) in [4.78, 5) is 3.97. The molecule has 20 heavy (non-hydrogen) atoms. The molecular formula is C16H15N3O. The zero-order chi connectivity index (χ0) is 13.8. The molecule has 1 atom stereocenters. The average Bonchev–Trinajstić information content (AvgIpc) is 2.99. The second kappa shape index (κ2) is 5.67. The normalized spacial score (nSPS) is 12.2. The number of hydrogen-bond acceptors (Lipinski definition) is 3. The molecule has 2 heterocycles. The van der Waals surface area contributed by atoms with Crippen LogP contribution >= 0.6 is 0 Å². The van der Waals surface area contributed by atoms with Crippen LogP contribution < -0.4 is 0 Å². The van der Waals surface area contributed by atoms with Crippen LogP contribution in [0.5, 0.6) is 0 Å². The predicted molar refractivity (Wildman–Crippen MR) is 76.5 cm³/mol. The Bertz CT molecular complexity index is 664. The molecule has 1 N–H and O–H groups in total. The van der Waals surface area contributed by atoms with Gasteiger partial charge in [0.2, 0.25) is 0 Å². The van der Waals surface area contributed by atoms with Crippen molar-refractivity contribution in [2.24, 2.45) is 0 Å². The third-order valence-electron chi connectivity index (χ3n) is 3.19. The molecule has 1 aromatic carbocycles. The second-order valence-electron chi connectivity index (χ2n) is 4.63. The van der Waals surface area contributed by atoms with Gasteiger partial charge in [0.1, 0.15) is 0 Å². The van der Waals surface area contributed by atoms with Crippen molar-refractivity contribution in [3.8, 4) is 5.69 Å². The summed E-state index contributed by atoms with van der Waals surface area (Å²) in [7, 11) is 0. The highest BCUT2D eigenvalue weighted by Crippen LogP contribution is 2.18. The molecule has 3 aromatic rings. The Balaban J connectivity index is 1.77. The zero-order valence-electron chi connectivity index (χ0n) is 10.9. The van der Waals surface area contributed by atoms with Gasteiger partial charge in [0.15, 0.2) is 0 Å². The molecule has 1 unspecified atom stereocenters. The van der Waals surface area contributed by atoms with E-state index in [2.05, 4.69) is 10.1 Å². The summed E-state index contributed by atoms with van der Waals surface area (Å²) in [6.45, 7) is 0. The molecule has 0 aliphatic carbocycles. The van der Waals surface area contributed by atoms with E-state index in [1.165, 1.54) is 0 Å². The Morgan fingerprint density at radius 1 is 1.05 bits per heavy atom. The Kier molecular flexibility index (Phi) is 3.56. The first-order valence-corrected chi connectivity index (χ1v) is 6.50. The van der Waals surface area contributed by atoms with Gasteiger partial charge in [0.25, 0.3) is 0 Å². The van der Waals surface area contributed by atoms with Crippen molar-refractivity contribution in [3.05, 3.63) is 78.4 Å². The Morgan fingerprint density at radius 2 is 1.80 bits per heavy atom. The molecule has 0 saturated carbocycles. The highest BCUT2D eigenvalue weighted by Gasteiger charge is 2.11. The minimum absolute atomic E-state index is 0.559. The van der Waals surface area contributed by atoms with Gasteiger partial charge in [-0.15, -0.1) is 0 Å². The fraction of sp³-hybridized carbons (Fsp3) is 0.125. The fourth-order valence-corrected chi connectivity index (χ4v) is 2.09. The highest BCUT2D eigenvalue weighted by molar-refractivity contribution is 5.31. The lowest BCUT2D eigenvalue weighted by molar-refractivity contribution is 0.178. The van der Waals surface area contributed by atoms with Crippen molar-refractivity contribution in [2.75, 3.05) is 0 Å². The number of benzene rings is 1. The first-order valence-electron chi connectivity index (χ1n) is 6.50. The van der Waals surface area contributed by atoms with E-state index in [9.17, 15) is 5.11 Å². The van der Waals surface area contributed by atoms with Gasteiger partial charge < -0.3 is 5.11 Å². The lowest BCUT2D eigenvalue weighted by atomic mass is 10.1. The molecule has 0 fully saturated rings. The number of aromatic nitrogens is 3. The molecule has 0 aliphatic rings. The molecule has 3 rings (SSSR count). The molecule has 0 saturated heterocycles. The fourth-order valence-electron chi connectivity index (χ4n) is 2.09. The van der Waals surface area contributed by atoms with Gasteiger partial charge in [-0.1, -0.05) is 18.2 Å². The van der Waals surface area contributed by atoms with E-state index in [1.807, 2.05) is 48.7 Å². The number of nitrogens with zero attached hydrogens (tertiary/aromatic N) is 3. The van der Waals surface area contributed by atoms with Crippen molar-refractivity contribution < 1.29 is 5.11 Å². The number of aliphatic hydroxyl groups excluding tert-OH is 1. The maximum atomic E-state index is 10.3. The van der Waals surface area contributed by atoms with E-state index in [0.717, 1.165) is 16.8 Å². The summed E-state index contributed by atoms with van der Waals surface area (Å²) in [5.41, 5.74) is 2.85. The van der Waals surface area contributed by atoms with Crippen molar-refractivity contribution in [1.29, 1.82) is 0 Å². The maximum Gasteiger partial charge on any atom is 0.0860 e. The average molecular weight is 265 g/mol. The first-order chi connectivity index (χ1) is 9.83. The van der Waals surface area contributed by atoms with E-state index in [0.29, 0.717) is 6.42 Å². The Morgan fingerprint density at radius 3 is 2.55 bits per heavy atom. The molecule has 0 amide bonds. The minimum Gasteiger partial charge on any atom is -0.388 e. The Labute approximate surface area is 117 Å². The van der Waals surface area contributed by atoms with Crippen LogP contribution in [0.2, 0.25) is 0 Å². The number of rotatable bonds is 4. The SMILES string of the molecule is OC(Cc1ccncc1)c1cnn(-c2ccccc2)c1. The van der Waals surface area contributed by atoms with Gasteiger partial charge in [0.05, 0.1) is 18.0 Å². The standard InChI is InChI=1S/C16H15N3O/c20-16(10-13-6-8-17-9-7-13)14-11-18-19(12-14)15-4-2-1-3-5-15/h1-9,11-12,16,20H,10H2. The summed E-state index contributed by atoms with van der Waals surface area (Å²) in [6, 6.07) is 13.7.